The molecule has 2 heteroatoms. The van der Waals surface area contributed by atoms with Crippen molar-refractivity contribution in [1.82, 2.24) is 0 Å². The number of halogens is 2. The molecule has 0 unspecified atom stereocenters. The van der Waals surface area contributed by atoms with E-state index in [2.05, 4.69) is 196 Å². The van der Waals surface area contributed by atoms with E-state index in [1.54, 1.807) is 24.3 Å². The monoisotopic (exact) mass is 910 g/mol. The lowest BCUT2D eigenvalue weighted by Crippen LogP contribution is -2.15. The summed E-state index contributed by atoms with van der Waals surface area (Å²) in [7, 11) is 0. The van der Waals surface area contributed by atoms with Crippen LogP contribution in [0.5, 0.6) is 0 Å². The highest BCUT2D eigenvalue weighted by Gasteiger charge is 2.36. The van der Waals surface area contributed by atoms with Crippen LogP contribution in [0.15, 0.2) is 231 Å². The number of benzene rings is 13. The molecule has 0 N–H and O–H groups in total. The molecule has 0 heterocycles. The zero-order valence-corrected chi connectivity index (χ0v) is 39.2. The third-order valence-corrected chi connectivity index (χ3v) is 15.6. The molecule has 0 fully saturated rings. The molecular weight excluding hydrogens is 867 g/mol. The molecule has 13 aromatic rings. The van der Waals surface area contributed by atoms with Crippen molar-refractivity contribution >= 4 is 64.6 Å². The summed E-state index contributed by atoms with van der Waals surface area (Å²) in [4.78, 5) is 0. The average molecular weight is 911 g/mol. The first kappa shape index (κ1) is 41.3. The van der Waals surface area contributed by atoms with Crippen LogP contribution in [0.25, 0.3) is 131 Å². The largest absolute Gasteiger partial charge is 0.207 e. The van der Waals surface area contributed by atoms with E-state index in [1.807, 2.05) is 24.3 Å². The maximum atomic E-state index is 14.3. The van der Waals surface area contributed by atoms with Crippen molar-refractivity contribution < 1.29 is 8.78 Å². The van der Waals surface area contributed by atoms with Crippen LogP contribution in [0.3, 0.4) is 0 Å². The van der Waals surface area contributed by atoms with Gasteiger partial charge in [0.05, 0.1) is 0 Å². The van der Waals surface area contributed by atoms with Crippen molar-refractivity contribution in [3.05, 3.63) is 253 Å². The third-order valence-electron chi connectivity index (χ3n) is 15.6. The van der Waals surface area contributed by atoms with Crippen molar-refractivity contribution in [2.75, 3.05) is 0 Å². The van der Waals surface area contributed by atoms with Crippen molar-refractivity contribution in [3.63, 3.8) is 0 Å². The molecule has 0 aromatic heterocycles. The molecule has 71 heavy (non-hydrogen) atoms. The summed E-state index contributed by atoms with van der Waals surface area (Å²) in [6.07, 6.45) is 0. The molecule has 334 valence electrons. The van der Waals surface area contributed by atoms with Gasteiger partial charge in [-0.25, -0.2) is 8.78 Å². The predicted octanol–water partition coefficient (Wildman–Crippen LogP) is 19.5. The van der Waals surface area contributed by atoms with Crippen molar-refractivity contribution in [2.24, 2.45) is 0 Å². The number of hydrogen-bond donors (Lipinski definition) is 0. The average Bonchev–Trinajstić information content (AvgIpc) is 3.63. The van der Waals surface area contributed by atoms with Gasteiger partial charge in [0.2, 0.25) is 0 Å². The molecule has 0 saturated carbocycles. The SMILES string of the molecule is CC1(C)c2cc(-c3c4ccccc4c(-c4ccc(F)cc4)c4ccccc34)ccc2-c2ccc(-c3c4ccccc4c(-c4c5ccccc5c(-c5ccc(F)cc5)c5ccccc45)c4ccccc34)cc21. The minimum atomic E-state index is -0.300. The van der Waals surface area contributed by atoms with E-state index in [0.29, 0.717) is 0 Å². The second-order valence-corrected chi connectivity index (χ2v) is 19.7. The maximum Gasteiger partial charge on any atom is 0.123 e. The number of rotatable bonds is 5. The number of hydrogen-bond acceptors (Lipinski definition) is 0. The smallest absolute Gasteiger partial charge is 0.123 e. The standard InChI is InChI=1S/C69H44F2/c1-69(2)61-39-43(65-51-17-5-3-15-49(51)63(41-27-33-45(70)34-28-41)50-16-4-6-18-52(50)65)31-37-47(61)48-38-32-44(40-62(48)69)66-55-21-9-13-25-59(55)68(60-26-14-10-22-56(60)66)67-57-23-11-7-19-53(57)64(42-29-35-46(71)36-30-42)54-20-8-12-24-58(54)67/h3-40H,1-2H3. The Morgan fingerprint density at radius 2 is 0.451 bits per heavy atom. The van der Waals surface area contributed by atoms with Gasteiger partial charge in [-0.1, -0.05) is 208 Å². The van der Waals surface area contributed by atoms with E-state index < -0.39 is 0 Å². The van der Waals surface area contributed by atoms with Crippen LogP contribution in [-0.2, 0) is 5.41 Å². The van der Waals surface area contributed by atoms with Crippen LogP contribution < -0.4 is 0 Å². The summed E-state index contributed by atoms with van der Waals surface area (Å²) < 4.78 is 28.6. The van der Waals surface area contributed by atoms with Crippen LogP contribution in [0, 0.1) is 11.6 Å². The first-order valence-corrected chi connectivity index (χ1v) is 24.5. The summed E-state index contributed by atoms with van der Waals surface area (Å²) >= 11 is 0. The van der Waals surface area contributed by atoms with Crippen molar-refractivity contribution in [1.29, 1.82) is 0 Å². The quantitative estimate of drug-likeness (QED) is 0.151. The molecule has 0 radical (unpaired) electrons. The maximum absolute atomic E-state index is 14.3. The lowest BCUT2D eigenvalue weighted by molar-refractivity contribution is 0.627. The van der Waals surface area contributed by atoms with Gasteiger partial charge < -0.3 is 0 Å². The van der Waals surface area contributed by atoms with Crippen LogP contribution in [-0.4, -0.2) is 0 Å². The minimum absolute atomic E-state index is 0.238. The van der Waals surface area contributed by atoms with E-state index in [4.69, 9.17) is 0 Å². The fraction of sp³-hybridized carbons (Fsp3) is 0.0435. The first-order valence-electron chi connectivity index (χ1n) is 24.5. The van der Waals surface area contributed by atoms with Gasteiger partial charge in [0.15, 0.2) is 0 Å². The van der Waals surface area contributed by atoms with Crippen LogP contribution in [0.2, 0.25) is 0 Å². The Kier molecular flexibility index (Phi) is 9.10. The highest BCUT2D eigenvalue weighted by atomic mass is 19.1. The molecular formula is C69H44F2. The fourth-order valence-electron chi connectivity index (χ4n) is 12.4. The normalized spacial score (nSPS) is 12.9. The van der Waals surface area contributed by atoms with E-state index in [9.17, 15) is 8.78 Å². The fourth-order valence-corrected chi connectivity index (χ4v) is 12.4. The van der Waals surface area contributed by atoms with Gasteiger partial charge in [0.1, 0.15) is 11.6 Å². The van der Waals surface area contributed by atoms with Gasteiger partial charge in [-0.15, -0.1) is 0 Å². The number of fused-ring (bicyclic) bond motifs is 9. The summed E-state index contributed by atoms with van der Waals surface area (Å²) in [6, 6.07) is 80.7. The molecule has 0 nitrogen and oxygen atoms in total. The predicted molar refractivity (Wildman–Crippen MR) is 296 cm³/mol. The van der Waals surface area contributed by atoms with Crippen LogP contribution in [0.4, 0.5) is 8.78 Å². The molecule has 0 bridgehead atoms. The van der Waals surface area contributed by atoms with Crippen LogP contribution >= 0.6 is 0 Å². The Labute approximate surface area is 410 Å². The lowest BCUT2D eigenvalue weighted by Gasteiger charge is -2.24. The molecule has 13 aromatic carbocycles. The van der Waals surface area contributed by atoms with Crippen LogP contribution in [0.1, 0.15) is 25.0 Å². The molecule has 1 aliphatic carbocycles. The summed E-state index contributed by atoms with van der Waals surface area (Å²) in [5, 5.41) is 14.0. The van der Waals surface area contributed by atoms with Gasteiger partial charge in [0, 0.05) is 5.41 Å². The van der Waals surface area contributed by atoms with Crippen molar-refractivity contribution in [2.45, 2.75) is 19.3 Å². The highest BCUT2D eigenvalue weighted by molar-refractivity contribution is 6.30. The van der Waals surface area contributed by atoms with Gasteiger partial charge in [0.25, 0.3) is 0 Å². The molecule has 1 aliphatic rings. The third kappa shape index (κ3) is 6.14. The van der Waals surface area contributed by atoms with E-state index in [-0.39, 0.29) is 17.0 Å². The summed E-state index contributed by atoms with van der Waals surface area (Å²) in [6.45, 7) is 4.76. The topological polar surface area (TPSA) is 0 Å². The lowest BCUT2D eigenvalue weighted by atomic mass is 9.79. The first-order chi connectivity index (χ1) is 34.8. The zero-order chi connectivity index (χ0) is 47.5. The summed E-state index contributed by atoms with van der Waals surface area (Å²) in [5.74, 6) is -0.481. The van der Waals surface area contributed by atoms with E-state index in [0.717, 1.165) is 54.6 Å². The Bertz CT molecular complexity index is 4200. The minimum Gasteiger partial charge on any atom is -0.207 e. The zero-order valence-electron chi connectivity index (χ0n) is 39.2. The molecule has 0 amide bonds. The van der Waals surface area contributed by atoms with Crippen molar-refractivity contribution in [3.8, 4) is 66.8 Å². The van der Waals surface area contributed by atoms with E-state index >= 15 is 0 Å². The molecule has 0 aliphatic heterocycles. The molecule has 0 spiro atoms. The Hall–Kier alpha value is -8.72. The molecule has 14 rings (SSSR count). The van der Waals surface area contributed by atoms with E-state index in [1.165, 1.54) is 88.0 Å². The Morgan fingerprint density at radius 1 is 0.239 bits per heavy atom. The second-order valence-electron chi connectivity index (χ2n) is 19.7. The molecule has 0 atom stereocenters. The van der Waals surface area contributed by atoms with Gasteiger partial charge in [-0.05, 0) is 179 Å². The highest BCUT2D eigenvalue weighted by Crippen LogP contribution is 2.55. The summed E-state index contributed by atoms with van der Waals surface area (Å²) in [5.41, 5.74) is 16.3. The van der Waals surface area contributed by atoms with Gasteiger partial charge in [-0.2, -0.15) is 0 Å². The Balaban J connectivity index is 0.955. The van der Waals surface area contributed by atoms with Gasteiger partial charge in [-0.3, -0.25) is 0 Å². The Morgan fingerprint density at radius 3 is 0.704 bits per heavy atom. The second kappa shape index (κ2) is 15.7. The molecule has 0 saturated heterocycles. The van der Waals surface area contributed by atoms with Gasteiger partial charge >= 0.3 is 0 Å².